The molecule has 13 nitrogen and oxygen atoms in total. The smallest absolute Gasteiger partial charge is 0.338 e. The number of hydrogen-bond acceptors (Lipinski definition) is 11. The minimum absolute atomic E-state index is 0.0133. The number of non-ortho nitro benzene ring substituents is 2. The minimum atomic E-state index is -1.16. The molecule has 1 aliphatic rings. The maximum Gasteiger partial charge on any atom is 0.338 e. The van der Waals surface area contributed by atoms with Crippen molar-refractivity contribution in [2.45, 2.75) is 19.8 Å². The van der Waals surface area contributed by atoms with E-state index < -0.39 is 33.3 Å². The summed E-state index contributed by atoms with van der Waals surface area (Å²) in [5, 5.41) is 22.2. The van der Waals surface area contributed by atoms with Crippen LogP contribution in [0.25, 0.3) is 17.5 Å². The van der Waals surface area contributed by atoms with Gasteiger partial charge in [0.15, 0.2) is 0 Å². The zero-order chi connectivity index (χ0) is 29.1. The van der Waals surface area contributed by atoms with Crippen molar-refractivity contribution in [3.8, 4) is 0 Å². The number of benzene rings is 2. The Morgan fingerprint density at radius 2 is 1.43 bits per heavy atom. The van der Waals surface area contributed by atoms with Gasteiger partial charge in [0, 0.05) is 24.3 Å². The molecule has 206 valence electrons. The summed E-state index contributed by atoms with van der Waals surface area (Å²) in [5.41, 5.74) is 5.95. The van der Waals surface area contributed by atoms with Crippen LogP contribution in [0.3, 0.4) is 0 Å². The van der Waals surface area contributed by atoms with Gasteiger partial charge >= 0.3 is 11.9 Å². The molecule has 0 saturated carbocycles. The molecule has 1 aromatic heterocycles. The highest BCUT2D eigenvalue weighted by Crippen LogP contribution is 2.38. The Hall–Kier alpha value is -5.11. The van der Waals surface area contributed by atoms with E-state index in [2.05, 4.69) is 0 Å². The van der Waals surface area contributed by atoms with Crippen LogP contribution >= 0.6 is 11.3 Å². The maximum atomic E-state index is 13.5. The lowest BCUT2D eigenvalue weighted by Gasteiger charge is -2.27. The number of nitro groups is 2. The molecule has 2 aromatic carbocycles. The molecule has 0 radical (unpaired) electrons. The Kier molecular flexibility index (Phi) is 7.90. The summed E-state index contributed by atoms with van der Waals surface area (Å²) in [5.74, 6) is -3.13. The number of carbonyl (C=O) groups excluding carboxylic acids is 2. The molecular formula is C26H22N4O9S. The second kappa shape index (κ2) is 11.3. The summed E-state index contributed by atoms with van der Waals surface area (Å²) < 4.78 is 11.8. The average molecular weight is 567 g/mol. The zero-order valence-electron chi connectivity index (χ0n) is 21.2. The van der Waals surface area contributed by atoms with Crippen LogP contribution in [-0.4, -0.2) is 39.6 Å². The monoisotopic (exact) mass is 566 g/mol. The number of nitrogens with two attached hydrogens (primary N) is 1. The van der Waals surface area contributed by atoms with E-state index in [-0.39, 0.29) is 50.8 Å². The lowest BCUT2D eigenvalue weighted by Crippen LogP contribution is -2.42. The SMILES string of the molecule is CCOC(=O)C1=C(N)n2c(s/c(=C\c3ccc([N+](=O)[O-])cc3)c2=O)=C(C(=O)OCC)[C@H]1c1ccc([N+](=O)[O-])cc1. The minimum Gasteiger partial charge on any atom is -0.463 e. The number of rotatable bonds is 8. The Morgan fingerprint density at radius 3 is 1.93 bits per heavy atom. The molecule has 1 atom stereocenters. The number of aromatic nitrogens is 1. The van der Waals surface area contributed by atoms with Crippen molar-refractivity contribution >= 4 is 52.1 Å². The summed E-state index contributed by atoms with van der Waals surface area (Å²) in [6, 6.07) is 10.7. The van der Waals surface area contributed by atoms with Gasteiger partial charge in [-0.25, -0.2) is 9.59 Å². The van der Waals surface area contributed by atoms with Gasteiger partial charge < -0.3 is 15.2 Å². The van der Waals surface area contributed by atoms with E-state index in [1.807, 2.05) is 0 Å². The highest BCUT2D eigenvalue weighted by molar-refractivity contribution is 7.07. The van der Waals surface area contributed by atoms with Crippen molar-refractivity contribution in [2.75, 3.05) is 13.2 Å². The van der Waals surface area contributed by atoms with Crippen molar-refractivity contribution in [2.24, 2.45) is 5.73 Å². The fourth-order valence-electron chi connectivity index (χ4n) is 4.23. The van der Waals surface area contributed by atoms with E-state index in [1.165, 1.54) is 54.6 Å². The number of nitrogens with zero attached hydrogens (tertiary/aromatic N) is 3. The molecule has 0 fully saturated rings. The van der Waals surface area contributed by atoms with Crippen molar-refractivity contribution in [1.82, 2.24) is 4.57 Å². The maximum absolute atomic E-state index is 13.5. The van der Waals surface area contributed by atoms with Gasteiger partial charge in [-0.1, -0.05) is 12.1 Å². The van der Waals surface area contributed by atoms with E-state index >= 15 is 0 Å². The molecule has 4 rings (SSSR count). The lowest BCUT2D eigenvalue weighted by molar-refractivity contribution is -0.385. The van der Waals surface area contributed by atoms with Crippen LogP contribution in [0.15, 0.2) is 58.9 Å². The Bertz CT molecular complexity index is 1740. The van der Waals surface area contributed by atoms with Crippen LogP contribution in [0.2, 0.25) is 0 Å². The van der Waals surface area contributed by atoms with Crippen LogP contribution < -0.4 is 20.5 Å². The topological polar surface area (TPSA) is 187 Å². The highest BCUT2D eigenvalue weighted by Gasteiger charge is 2.40. The van der Waals surface area contributed by atoms with Gasteiger partial charge in [-0.15, -0.1) is 11.3 Å². The first-order valence-electron chi connectivity index (χ1n) is 11.9. The van der Waals surface area contributed by atoms with Gasteiger partial charge in [-0.05, 0) is 43.2 Å². The quantitative estimate of drug-likeness (QED) is 0.239. The van der Waals surface area contributed by atoms with Crippen LogP contribution in [0.4, 0.5) is 11.4 Å². The standard InChI is InChI=1S/C26H22N4O9S/c1-3-38-25(32)20-19(15-7-11-17(12-8-15)30(36)37)21(26(33)39-4-2)24-28(22(20)27)23(31)18(40-24)13-14-5-9-16(10-6-14)29(34)35/h5-13,19H,3-4,27H2,1-2H3/b18-13-/t19-/m0/s1. The first kappa shape index (κ1) is 27.9. The number of nitro benzene ring substituents is 2. The largest absolute Gasteiger partial charge is 0.463 e. The van der Waals surface area contributed by atoms with Crippen LogP contribution in [0.1, 0.15) is 30.9 Å². The number of fused-ring (bicyclic) bond motifs is 1. The number of hydrogen-bond donors (Lipinski definition) is 1. The van der Waals surface area contributed by atoms with Crippen molar-refractivity contribution in [1.29, 1.82) is 0 Å². The predicted octanol–water partition coefficient (Wildman–Crippen LogP) is 1.76. The molecule has 0 aliphatic carbocycles. The van der Waals surface area contributed by atoms with E-state index in [0.717, 1.165) is 15.9 Å². The van der Waals surface area contributed by atoms with Crippen LogP contribution in [-0.2, 0) is 19.1 Å². The molecule has 2 N–H and O–H groups in total. The number of carbonyl (C=O) groups is 2. The molecular weight excluding hydrogens is 544 g/mol. The molecule has 14 heteroatoms. The van der Waals surface area contributed by atoms with E-state index in [0.29, 0.717) is 11.1 Å². The second-order valence-corrected chi connectivity index (χ2v) is 9.37. The molecule has 0 unspecified atom stereocenters. The first-order valence-corrected chi connectivity index (χ1v) is 12.7. The fourth-order valence-corrected chi connectivity index (χ4v) is 5.39. The van der Waals surface area contributed by atoms with Crippen molar-refractivity contribution in [3.63, 3.8) is 0 Å². The lowest BCUT2D eigenvalue weighted by atomic mass is 9.83. The van der Waals surface area contributed by atoms with E-state index in [4.69, 9.17) is 15.2 Å². The first-order chi connectivity index (χ1) is 19.1. The van der Waals surface area contributed by atoms with Crippen molar-refractivity contribution in [3.05, 3.63) is 105 Å². The van der Waals surface area contributed by atoms with Crippen LogP contribution in [0, 0.1) is 20.2 Å². The Labute approximate surface area is 229 Å². The highest BCUT2D eigenvalue weighted by atomic mass is 32.1. The molecule has 40 heavy (non-hydrogen) atoms. The third-order valence-electron chi connectivity index (χ3n) is 5.98. The fraction of sp³-hybridized carbons (Fsp3) is 0.192. The van der Waals surface area contributed by atoms with Gasteiger partial charge in [0.2, 0.25) is 0 Å². The van der Waals surface area contributed by atoms with Gasteiger partial charge in [0.25, 0.3) is 16.9 Å². The number of esters is 2. The zero-order valence-corrected chi connectivity index (χ0v) is 22.0. The summed E-state index contributed by atoms with van der Waals surface area (Å²) in [7, 11) is 0. The molecule has 0 spiro atoms. The molecule has 1 aliphatic heterocycles. The van der Waals surface area contributed by atoms with E-state index in [1.54, 1.807) is 13.8 Å². The molecule has 0 amide bonds. The third-order valence-corrected chi connectivity index (χ3v) is 7.09. The number of ether oxygens (including phenoxy) is 2. The Morgan fingerprint density at radius 1 is 0.925 bits per heavy atom. The summed E-state index contributed by atoms with van der Waals surface area (Å²) in [6.07, 6.45) is 1.48. The summed E-state index contributed by atoms with van der Waals surface area (Å²) in [6.45, 7) is 3.13. The van der Waals surface area contributed by atoms with E-state index in [9.17, 15) is 34.6 Å². The van der Waals surface area contributed by atoms with Crippen molar-refractivity contribution < 1.29 is 28.9 Å². The van der Waals surface area contributed by atoms with Gasteiger partial charge in [0.05, 0.1) is 44.7 Å². The summed E-state index contributed by atoms with van der Waals surface area (Å²) >= 11 is 0.916. The second-order valence-electron chi connectivity index (χ2n) is 8.34. The third kappa shape index (κ3) is 5.11. The molecule has 0 saturated heterocycles. The van der Waals surface area contributed by atoms with Crippen LogP contribution in [0.5, 0.6) is 0 Å². The van der Waals surface area contributed by atoms with Gasteiger partial charge in [-0.2, -0.15) is 0 Å². The molecule has 2 heterocycles. The van der Waals surface area contributed by atoms with Gasteiger partial charge in [0.1, 0.15) is 10.5 Å². The van der Waals surface area contributed by atoms with Gasteiger partial charge in [-0.3, -0.25) is 29.6 Å². The molecule has 0 bridgehead atoms. The average Bonchev–Trinajstić information content (AvgIpc) is 3.24. The summed E-state index contributed by atoms with van der Waals surface area (Å²) in [4.78, 5) is 61.2. The Balaban J connectivity index is 2.06. The molecule has 3 aromatic rings. The number of thiazole rings is 1. The normalized spacial score (nSPS) is 15.0. The predicted molar refractivity (Wildman–Crippen MR) is 144 cm³/mol.